The molecule has 2 aliphatic carbocycles. The van der Waals surface area contributed by atoms with Gasteiger partial charge in [-0.2, -0.15) is 0 Å². The first-order valence-electron chi connectivity index (χ1n) is 5.40. The fourth-order valence-corrected chi connectivity index (χ4v) is 2.05. The summed E-state index contributed by atoms with van der Waals surface area (Å²) in [7, 11) is 0. The SMILES string of the molecule is CC1CC1CNC(=O)C1(C)CCC1. The van der Waals surface area contributed by atoms with Gasteiger partial charge in [0.25, 0.3) is 0 Å². The van der Waals surface area contributed by atoms with Crippen molar-refractivity contribution < 1.29 is 4.79 Å². The molecule has 2 fully saturated rings. The van der Waals surface area contributed by atoms with E-state index < -0.39 is 0 Å². The highest BCUT2D eigenvalue weighted by Crippen LogP contribution is 2.41. The minimum Gasteiger partial charge on any atom is -0.355 e. The Hall–Kier alpha value is -0.530. The summed E-state index contributed by atoms with van der Waals surface area (Å²) in [6.45, 7) is 5.25. The summed E-state index contributed by atoms with van der Waals surface area (Å²) in [5.41, 5.74) is -0.0157. The van der Waals surface area contributed by atoms with E-state index in [1.807, 2.05) is 0 Å². The largest absolute Gasteiger partial charge is 0.355 e. The summed E-state index contributed by atoms with van der Waals surface area (Å²) in [5, 5.41) is 3.08. The predicted molar refractivity (Wildman–Crippen MR) is 52.2 cm³/mol. The third-order valence-electron chi connectivity index (χ3n) is 3.81. The lowest BCUT2D eigenvalue weighted by Gasteiger charge is -2.36. The molecule has 2 saturated carbocycles. The molecule has 0 radical (unpaired) electrons. The van der Waals surface area contributed by atoms with Gasteiger partial charge in [0.2, 0.25) is 5.91 Å². The van der Waals surface area contributed by atoms with E-state index in [9.17, 15) is 4.79 Å². The second kappa shape index (κ2) is 3.00. The molecular formula is C11H19NO. The molecule has 0 aromatic rings. The minimum absolute atomic E-state index is 0.0157. The summed E-state index contributed by atoms with van der Waals surface area (Å²) >= 11 is 0. The van der Waals surface area contributed by atoms with Gasteiger partial charge in [0.15, 0.2) is 0 Å². The van der Waals surface area contributed by atoms with Gasteiger partial charge in [-0.3, -0.25) is 4.79 Å². The Morgan fingerprint density at radius 3 is 2.54 bits per heavy atom. The maximum absolute atomic E-state index is 11.7. The average Bonchev–Trinajstić information content (AvgIpc) is 2.73. The van der Waals surface area contributed by atoms with Gasteiger partial charge in [0.1, 0.15) is 0 Å². The molecule has 2 aliphatic rings. The first-order chi connectivity index (χ1) is 6.12. The first-order valence-corrected chi connectivity index (χ1v) is 5.40. The van der Waals surface area contributed by atoms with Gasteiger partial charge in [0.05, 0.1) is 0 Å². The van der Waals surface area contributed by atoms with E-state index in [0.29, 0.717) is 0 Å². The van der Waals surface area contributed by atoms with Gasteiger partial charge in [-0.1, -0.05) is 20.3 Å². The molecule has 2 unspecified atom stereocenters. The van der Waals surface area contributed by atoms with Crippen molar-refractivity contribution in [3.05, 3.63) is 0 Å². The molecule has 0 aliphatic heterocycles. The highest BCUT2D eigenvalue weighted by atomic mass is 16.2. The Morgan fingerprint density at radius 2 is 2.15 bits per heavy atom. The van der Waals surface area contributed by atoms with E-state index in [0.717, 1.165) is 31.2 Å². The van der Waals surface area contributed by atoms with E-state index in [2.05, 4.69) is 19.2 Å². The lowest BCUT2D eigenvalue weighted by molar-refractivity contribution is -0.134. The van der Waals surface area contributed by atoms with E-state index in [4.69, 9.17) is 0 Å². The molecule has 0 spiro atoms. The summed E-state index contributed by atoms with van der Waals surface area (Å²) in [4.78, 5) is 11.7. The number of hydrogen-bond acceptors (Lipinski definition) is 1. The monoisotopic (exact) mass is 181 g/mol. The highest BCUT2D eigenvalue weighted by molar-refractivity contribution is 5.83. The maximum Gasteiger partial charge on any atom is 0.225 e. The van der Waals surface area contributed by atoms with Crippen LogP contribution in [0.15, 0.2) is 0 Å². The minimum atomic E-state index is -0.0157. The van der Waals surface area contributed by atoms with Crippen molar-refractivity contribution in [3.8, 4) is 0 Å². The Bertz CT molecular complexity index is 220. The maximum atomic E-state index is 11.7. The third kappa shape index (κ3) is 1.72. The second-order valence-corrected chi connectivity index (χ2v) is 5.10. The van der Waals surface area contributed by atoms with Gasteiger partial charge in [-0.15, -0.1) is 0 Å². The summed E-state index contributed by atoms with van der Waals surface area (Å²) in [6.07, 6.45) is 4.69. The van der Waals surface area contributed by atoms with Crippen molar-refractivity contribution in [2.24, 2.45) is 17.3 Å². The molecule has 13 heavy (non-hydrogen) atoms. The number of hydrogen-bond donors (Lipinski definition) is 1. The van der Waals surface area contributed by atoms with Gasteiger partial charge in [0, 0.05) is 12.0 Å². The van der Waals surface area contributed by atoms with Crippen LogP contribution in [-0.2, 0) is 4.79 Å². The van der Waals surface area contributed by atoms with Crippen LogP contribution in [0.4, 0.5) is 0 Å². The molecule has 74 valence electrons. The fraction of sp³-hybridized carbons (Fsp3) is 0.909. The van der Waals surface area contributed by atoms with Crippen molar-refractivity contribution in [1.82, 2.24) is 5.32 Å². The quantitative estimate of drug-likeness (QED) is 0.708. The standard InChI is InChI=1S/C11H19NO/c1-8-6-9(8)7-12-10(13)11(2)4-3-5-11/h8-9H,3-7H2,1-2H3,(H,12,13). The lowest BCUT2D eigenvalue weighted by atomic mass is 9.70. The first kappa shape index (κ1) is 9.04. The third-order valence-corrected chi connectivity index (χ3v) is 3.81. The Kier molecular flexibility index (Phi) is 2.09. The van der Waals surface area contributed by atoms with E-state index in [1.165, 1.54) is 12.8 Å². The summed E-state index contributed by atoms with van der Waals surface area (Å²) in [5.74, 6) is 1.90. The van der Waals surface area contributed by atoms with Gasteiger partial charge in [-0.05, 0) is 31.1 Å². The molecule has 0 aromatic heterocycles. The van der Waals surface area contributed by atoms with Gasteiger partial charge < -0.3 is 5.32 Å². The van der Waals surface area contributed by atoms with E-state index >= 15 is 0 Å². The Balaban J connectivity index is 1.72. The molecule has 1 amide bonds. The topological polar surface area (TPSA) is 29.1 Å². The normalized spacial score (nSPS) is 34.9. The fourth-order valence-electron chi connectivity index (χ4n) is 2.05. The van der Waals surface area contributed by atoms with Crippen molar-refractivity contribution in [2.45, 2.75) is 39.5 Å². The van der Waals surface area contributed by atoms with Crippen LogP contribution in [0.2, 0.25) is 0 Å². The number of nitrogens with one attached hydrogen (secondary N) is 1. The number of amides is 1. The van der Waals surface area contributed by atoms with Crippen molar-refractivity contribution in [1.29, 1.82) is 0 Å². The van der Waals surface area contributed by atoms with Crippen molar-refractivity contribution in [2.75, 3.05) is 6.54 Å². The van der Waals surface area contributed by atoms with Crippen LogP contribution in [0.5, 0.6) is 0 Å². The Morgan fingerprint density at radius 1 is 1.54 bits per heavy atom. The molecule has 0 heterocycles. The molecule has 0 bridgehead atoms. The molecule has 1 N–H and O–H groups in total. The molecule has 2 atom stereocenters. The van der Waals surface area contributed by atoms with E-state index in [-0.39, 0.29) is 11.3 Å². The van der Waals surface area contributed by atoms with Gasteiger partial charge >= 0.3 is 0 Å². The van der Waals surface area contributed by atoms with Crippen LogP contribution >= 0.6 is 0 Å². The molecule has 2 heteroatoms. The predicted octanol–water partition coefficient (Wildman–Crippen LogP) is 1.95. The average molecular weight is 181 g/mol. The molecule has 2 nitrogen and oxygen atoms in total. The summed E-state index contributed by atoms with van der Waals surface area (Å²) in [6, 6.07) is 0. The van der Waals surface area contributed by atoms with Crippen LogP contribution in [0.3, 0.4) is 0 Å². The molecule has 2 rings (SSSR count). The van der Waals surface area contributed by atoms with Crippen molar-refractivity contribution >= 4 is 5.91 Å². The number of carbonyl (C=O) groups is 1. The van der Waals surface area contributed by atoms with E-state index in [1.54, 1.807) is 0 Å². The number of carbonyl (C=O) groups excluding carboxylic acids is 1. The second-order valence-electron chi connectivity index (χ2n) is 5.10. The molecule has 0 saturated heterocycles. The Labute approximate surface area is 80.1 Å². The van der Waals surface area contributed by atoms with Crippen LogP contribution < -0.4 is 5.32 Å². The van der Waals surface area contributed by atoms with Crippen LogP contribution in [0, 0.1) is 17.3 Å². The van der Waals surface area contributed by atoms with Crippen LogP contribution in [-0.4, -0.2) is 12.5 Å². The smallest absolute Gasteiger partial charge is 0.225 e. The van der Waals surface area contributed by atoms with Crippen molar-refractivity contribution in [3.63, 3.8) is 0 Å². The highest BCUT2D eigenvalue weighted by Gasteiger charge is 2.40. The summed E-state index contributed by atoms with van der Waals surface area (Å²) < 4.78 is 0. The molecular weight excluding hydrogens is 162 g/mol. The zero-order chi connectivity index (χ0) is 9.47. The zero-order valence-corrected chi connectivity index (χ0v) is 8.60. The van der Waals surface area contributed by atoms with Crippen LogP contribution in [0.1, 0.15) is 39.5 Å². The van der Waals surface area contributed by atoms with Crippen LogP contribution in [0.25, 0.3) is 0 Å². The zero-order valence-electron chi connectivity index (χ0n) is 8.60. The van der Waals surface area contributed by atoms with Gasteiger partial charge in [-0.25, -0.2) is 0 Å². The molecule has 0 aromatic carbocycles. The lowest BCUT2D eigenvalue weighted by Crippen LogP contribution is -2.44. The number of rotatable bonds is 3.